The number of rotatable bonds is 7. The molecule has 0 spiro atoms. The lowest BCUT2D eigenvalue weighted by molar-refractivity contribution is -0.0397. The van der Waals surface area contributed by atoms with Gasteiger partial charge in [0.15, 0.2) is 11.5 Å². The SMILES string of the molecule is COCOCc1c(Br)cc(OC)c(OC)c1OC. The molecule has 0 amide bonds. The van der Waals surface area contributed by atoms with Crippen molar-refractivity contribution in [1.82, 2.24) is 0 Å². The maximum atomic E-state index is 5.37. The van der Waals surface area contributed by atoms with Gasteiger partial charge in [0, 0.05) is 17.1 Å². The summed E-state index contributed by atoms with van der Waals surface area (Å²) in [5.74, 6) is 1.72. The van der Waals surface area contributed by atoms with E-state index in [4.69, 9.17) is 23.7 Å². The minimum atomic E-state index is 0.212. The second-order valence-corrected chi connectivity index (χ2v) is 4.22. The molecule has 0 aliphatic carbocycles. The molecule has 0 unspecified atom stereocenters. The standard InChI is InChI=1S/C12H17BrO5/c1-14-7-18-6-8-9(13)5-10(15-2)12(17-4)11(8)16-3/h5H,6-7H2,1-4H3. The summed E-state index contributed by atoms with van der Waals surface area (Å²) < 4.78 is 26.9. The monoisotopic (exact) mass is 320 g/mol. The third kappa shape index (κ3) is 3.28. The first kappa shape index (κ1) is 15.1. The van der Waals surface area contributed by atoms with Gasteiger partial charge < -0.3 is 23.7 Å². The van der Waals surface area contributed by atoms with Crippen LogP contribution in [0.15, 0.2) is 10.5 Å². The van der Waals surface area contributed by atoms with Gasteiger partial charge in [-0.3, -0.25) is 0 Å². The van der Waals surface area contributed by atoms with Gasteiger partial charge in [0.25, 0.3) is 0 Å². The Labute approximate surface area is 115 Å². The minimum Gasteiger partial charge on any atom is -0.493 e. The second kappa shape index (κ2) is 7.45. The number of benzene rings is 1. The summed E-state index contributed by atoms with van der Waals surface area (Å²) in [7, 11) is 6.28. The average molecular weight is 321 g/mol. The predicted molar refractivity (Wildman–Crippen MR) is 70.5 cm³/mol. The smallest absolute Gasteiger partial charge is 0.203 e. The molecule has 0 aliphatic heterocycles. The summed E-state index contributed by atoms with van der Waals surface area (Å²) in [6, 6.07) is 1.81. The van der Waals surface area contributed by atoms with Crippen molar-refractivity contribution in [3.8, 4) is 17.2 Å². The molecular formula is C12H17BrO5. The van der Waals surface area contributed by atoms with Gasteiger partial charge >= 0.3 is 0 Å². The molecule has 0 fully saturated rings. The zero-order chi connectivity index (χ0) is 13.5. The van der Waals surface area contributed by atoms with Crippen LogP contribution < -0.4 is 14.2 Å². The normalized spacial score (nSPS) is 10.3. The molecule has 0 saturated heterocycles. The molecule has 18 heavy (non-hydrogen) atoms. The van der Waals surface area contributed by atoms with E-state index in [0.29, 0.717) is 23.9 Å². The quantitative estimate of drug-likeness (QED) is 0.571. The Balaban J connectivity index is 3.14. The fourth-order valence-electron chi connectivity index (χ4n) is 1.55. The number of ether oxygens (including phenoxy) is 5. The Morgan fingerprint density at radius 2 is 1.67 bits per heavy atom. The summed E-state index contributed by atoms with van der Waals surface area (Å²) in [5, 5.41) is 0. The molecule has 0 heterocycles. The molecule has 1 rings (SSSR count). The molecule has 1 aromatic rings. The Kier molecular flexibility index (Phi) is 6.24. The van der Waals surface area contributed by atoms with Gasteiger partial charge in [-0.25, -0.2) is 0 Å². The Morgan fingerprint density at radius 3 is 2.17 bits per heavy atom. The number of hydrogen-bond acceptors (Lipinski definition) is 5. The van der Waals surface area contributed by atoms with Crippen LogP contribution in [0.25, 0.3) is 0 Å². The van der Waals surface area contributed by atoms with Crippen LogP contribution >= 0.6 is 15.9 Å². The van der Waals surface area contributed by atoms with E-state index in [9.17, 15) is 0 Å². The van der Waals surface area contributed by atoms with E-state index in [-0.39, 0.29) is 6.79 Å². The molecule has 6 heteroatoms. The molecule has 102 valence electrons. The largest absolute Gasteiger partial charge is 0.493 e. The van der Waals surface area contributed by atoms with Gasteiger partial charge in [-0.2, -0.15) is 0 Å². The zero-order valence-corrected chi connectivity index (χ0v) is 12.5. The van der Waals surface area contributed by atoms with Crippen molar-refractivity contribution in [2.24, 2.45) is 0 Å². The van der Waals surface area contributed by atoms with Crippen molar-refractivity contribution in [3.05, 3.63) is 16.1 Å². The first-order chi connectivity index (χ1) is 8.69. The maximum absolute atomic E-state index is 5.37. The van der Waals surface area contributed by atoms with Crippen molar-refractivity contribution in [1.29, 1.82) is 0 Å². The van der Waals surface area contributed by atoms with Crippen LogP contribution in [0.4, 0.5) is 0 Å². The lowest BCUT2D eigenvalue weighted by Gasteiger charge is -2.17. The van der Waals surface area contributed by atoms with Gasteiger partial charge in [-0.15, -0.1) is 0 Å². The second-order valence-electron chi connectivity index (χ2n) is 3.36. The highest BCUT2D eigenvalue weighted by Crippen LogP contribution is 2.44. The summed E-state index contributed by atoms with van der Waals surface area (Å²) in [6.45, 7) is 0.557. The van der Waals surface area contributed by atoms with Crippen LogP contribution in [0.2, 0.25) is 0 Å². The third-order valence-corrected chi connectivity index (χ3v) is 3.03. The van der Waals surface area contributed by atoms with E-state index in [1.165, 1.54) is 0 Å². The van der Waals surface area contributed by atoms with Crippen molar-refractivity contribution in [2.45, 2.75) is 6.61 Å². The van der Waals surface area contributed by atoms with Gasteiger partial charge in [0.2, 0.25) is 5.75 Å². The van der Waals surface area contributed by atoms with Gasteiger partial charge in [0.1, 0.15) is 6.79 Å². The summed E-state index contributed by atoms with van der Waals surface area (Å²) in [6.07, 6.45) is 0. The topological polar surface area (TPSA) is 46.2 Å². The predicted octanol–water partition coefficient (Wildman–Crippen LogP) is 2.60. The maximum Gasteiger partial charge on any atom is 0.203 e. The molecule has 0 aliphatic rings. The molecule has 0 atom stereocenters. The number of hydrogen-bond donors (Lipinski definition) is 0. The summed E-state index contributed by atoms with van der Waals surface area (Å²) >= 11 is 3.46. The first-order valence-corrected chi connectivity index (χ1v) is 6.02. The van der Waals surface area contributed by atoms with E-state index in [0.717, 1.165) is 10.0 Å². The van der Waals surface area contributed by atoms with Crippen LogP contribution in [0, 0.1) is 0 Å². The van der Waals surface area contributed by atoms with Crippen LogP contribution in [0.5, 0.6) is 17.2 Å². The highest BCUT2D eigenvalue weighted by molar-refractivity contribution is 9.10. The average Bonchev–Trinajstić information content (AvgIpc) is 2.39. The van der Waals surface area contributed by atoms with E-state index < -0.39 is 0 Å². The minimum absolute atomic E-state index is 0.212. The van der Waals surface area contributed by atoms with Crippen molar-refractivity contribution < 1.29 is 23.7 Å². The summed E-state index contributed by atoms with van der Waals surface area (Å²) in [4.78, 5) is 0. The lowest BCUT2D eigenvalue weighted by atomic mass is 10.2. The van der Waals surface area contributed by atoms with Gasteiger partial charge in [-0.1, -0.05) is 15.9 Å². The van der Waals surface area contributed by atoms with E-state index in [1.54, 1.807) is 28.4 Å². The van der Waals surface area contributed by atoms with Crippen LogP contribution in [-0.2, 0) is 16.1 Å². The van der Waals surface area contributed by atoms with Crippen LogP contribution in [0.3, 0.4) is 0 Å². The van der Waals surface area contributed by atoms with E-state index >= 15 is 0 Å². The number of methoxy groups -OCH3 is 4. The molecule has 0 bridgehead atoms. The fourth-order valence-corrected chi connectivity index (χ4v) is 2.05. The number of halogens is 1. The fraction of sp³-hybridized carbons (Fsp3) is 0.500. The van der Waals surface area contributed by atoms with Gasteiger partial charge in [0.05, 0.1) is 27.9 Å². The highest BCUT2D eigenvalue weighted by atomic mass is 79.9. The van der Waals surface area contributed by atoms with Crippen LogP contribution in [-0.4, -0.2) is 35.2 Å². The molecule has 0 N–H and O–H groups in total. The molecule has 1 aromatic carbocycles. The van der Waals surface area contributed by atoms with Crippen molar-refractivity contribution in [3.63, 3.8) is 0 Å². The Hall–Kier alpha value is -0.980. The van der Waals surface area contributed by atoms with Crippen LogP contribution in [0.1, 0.15) is 5.56 Å². The molecule has 0 radical (unpaired) electrons. The highest BCUT2D eigenvalue weighted by Gasteiger charge is 2.19. The Morgan fingerprint density at radius 1 is 1.00 bits per heavy atom. The van der Waals surface area contributed by atoms with E-state index in [2.05, 4.69) is 15.9 Å². The Bertz CT molecular complexity index is 395. The lowest BCUT2D eigenvalue weighted by Crippen LogP contribution is -2.03. The van der Waals surface area contributed by atoms with Crippen molar-refractivity contribution in [2.75, 3.05) is 35.2 Å². The third-order valence-electron chi connectivity index (χ3n) is 2.33. The van der Waals surface area contributed by atoms with E-state index in [1.807, 2.05) is 6.07 Å². The molecule has 0 saturated carbocycles. The molecule has 0 aromatic heterocycles. The summed E-state index contributed by atoms with van der Waals surface area (Å²) in [5.41, 5.74) is 0.840. The zero-order valence-electron chi connectivity index (χ0n) is 10.9. The first-order valence-electron chi connectivity index (χ1n) is 5.23. The molecule has 5 nitrogen and oxygen atoms in total. The van der Waals surface area contributed by atoms with Gasteiger partial charge in [-0.05, 0) is 6.07 Å². The van der Waals surface area contributed by atoms with Crippen molar-refractivity contribution >= 4 is 15.9 Å². The molecular weight excluding hydrogens is 304 g/mol.